The third-order valence-corrected chi connectivity index (χ3v) is 15.9. The van der Waals surface area contributed by atoms with Crippen molar-refractivity contribution in [2.45, 2.75) is 124 Å². The van der Waals surface area contributed by atoms with Crippen molar-refractivity contribution < 1.29 is 0 Å². The van der Waals surface area contributed by atoms with Gasteiger partial charge in [-0.05, 0) is 148 Å². The van der Waals surface area contributed by atoms with Gasteiger partial charge in [-0.15, -0.1) is 11.3 Å². The van der Waals surface area contributed by atoms with Gasteiger partial charge in [0.2, 0.25) is 0 Å². The maximum absolute atomic E-state index is 2.75. The molecule has 4 aromatic carbocycles. The largest absolute Gasteiger partial charge is 0.311 e. The van der Waals surface area contributed by atoms with Crippen LogP contribution in [0.1, 0.15) is 135 Å². The van der Waals surface area contributed by atoms with Crippen LogP contribution in [0.5, 0.6) is 0 Å². The minimum Gasteiger partial charge on any atom is -0.311 e. The third-order valence-electron chi connectivity index (χ3n) is 14.7. The summed E-state index contributed by atoms with van der Waals surface area (Å²) in [7, 11) is 0. The van der Waals surface area contributed by atoms with Gasteiger partial charge >= 0.3 is 0 Å². The van der Waals surface area contributed by atoms with Crippen LogP contribution in [0.4, 0.5) is 28.4 Å². The number of thiophene rings is 1. The molecule has 3 heterocycles. The fourth-order valence-corrected chi connectivity index (χ4v) is 12.2. The lowest BCUT2D eigenvalue weighted by Crippen LogP contribution is -2.61. The standard InChI is InChI=1S/C55H61BN2S/c1-33(2)36-19-23-40(24-20-36)57-47-26-22-39(35(5)6)30-45(47)56-51-48(57)17-14-18-49(51)58(46-25-21-38(34(3)4)29-41(46)37-15-12-11-13-16-37)52-42-31-43-44(32-50(42)59-53(52)56)55(9,10)28-27-54(43,7)8/h12,14-20,22-26,29-35,38H,11,13,21,27-28H2,1-10H3. The molecule has 0 fully saturated rings. The summed E-state index contributed by atoms with van der Waals surface area (Å²) in [6, 6.07) is 29.2. The Hall–Kier alpha value is -4.54. The van der Waals surface area contributed by atoms with Gasteiger partial charge < -0.3 is 9.80 Å². The van der Waals surface area contributed by atoms with Gasteiger partial charge in [0.1, 0.15) is 0 Å². The maximum atomic E-state index is 2.75. The molecule has 2 nitrogen and oxygen atoms in total. The van der Waals surface area contributed by atoms with Crippen molar-refractivity contribution in [3.63, 3.8) is 0 Å². The fourth-order valence-electron chi connectivity index (χ4n) is 10.9. The second-order valence-electron chi connectivity index (χ2n) is 20.5. The molecule has 59 heavy (non-hydrogen) atoms. The zero-order valence-corrected chi connectivity index (χ0v) is 37.9. The van der Waals surface area contributed by atoms with Crippen LogP contribution in [0, 0.1) is 11.8 Å². The Morgan fingerprint density at radius 3 is 2.05 bits per heavy atom. The minimum atomic E-state index is 0.116. The summed E-state index contributed by atoms with van der Waals surface area (Å²) in [5, 5.41) is 1.42. The zero-order valence-electron chi connectivity index (χ0n) is 37.0. The molecule has 0 amide bonds. The van der Waals surface area contributed by atoms with E-state index < -0.39 is 0 Å². The molecule has 0 radical (unpaired) electrons. The predicted octanol–water partition coefficient (Wildman–Crippen LogP) is 14.0. The Labute approximate surface area is 358 Å². The Morgan fingerprint density at radius 2 is 1.39 bits per heavy atom. The van der Waals surface area contributed by atoms with Gasteiger partial charge in [-0.2, -0.15) is 0 Å². The van der Waals surface area contributed by atoms with E-state index in [0.717, 1.165) is 19.3 Å². The van der Waals surface area contributed by atoms with Crippen molar-refractivity contribution in [2.75, 3.05) is 9.80 Å². The van der Waals surface area contributed by atoms with Gasteiger partial charge in [0.25, 0.3) is 6.71 Å². The van der Waals surface area contributed by atoms with E-state index in [1.165, 1.54) is 101 Å². The van der Waals surface area contributed by atoms with E-state index in [0.29, 0.717) is 23.7 Å². The molecule has 4 heteroatoms. The molecule has 5 aromatic rings. The van der Waals surface area contributed by atoms with E-state index in [9.17, 15) is 0 Å². The SMILES string of the molecule is CC(C)c1ccc(N2c3ccc(C(C)C)cc3B3c4sc5cc6c(cc5c4N(C4=CCC(C(C)C)C=C4C4=CCCC=C4)c4cccc2c43)C(C)(C)CCC6(C)C)cc1. The van der Waals surface area contributed by atoms with Gasteiger partial charge in [-0.25, -0.2) is 0 Å². The van der Waals surface area contributed by atoms with Crippen LogP contribution in [0.15, 0.2) is 120 Å². The summed E-state index contributed by atoms with van der Waals surface area (Å²) in [4.78, 5) is 5.33. The predicted molar refractivity (Wildman–Crippen MR) is 259 cm³/mol. The normalized spacial score (nSPS) is 20.1. The summed E-state index contributed by atoms with van der Waals surface area (Å²) in [6.45, 7) is 24.1. The van der Waals surface area contributed by atoms with Crippen LogP contribution in [-0.4, -0.2) is 6.71 Å². The van der Waals surface area contributed by atoms with Gasteiger partial charge in [0, 0.05) is 48.9 Å². The number of allylic oxidation sites excluding steroid dienone is 6. The average molecular weight is 793 g/mol. The monoisotopic (exact) mass is 792 g/mol. The first-order valence-corrected chi connectivity index (χ1v) is 23.4. The van der Waals surface area contributed by atoms with E-state index in [1.54, 1.807) is 5.56 Å². The number of fused-ring (bicyclic) bond motifs is 7. The van der Waals surface area contributed by atoms with E-state index in [-0.39, 0.29) is 17.5 Å². The van der Waals surface area contributed by atoms with Crippen molar-refractivity contribution in [1.29, 1.82) is 0 Å². The topological polar surface area (TPSA) is 6.48 Å². The summed E-state index contributed by atoms with van der Waals surface area (Å²) >= 11 is 2.07. The first kappa shape index (κ1) is 38.7. The lowest BCUT2D eigenvalue weighted by atomic mass is 9.36. The van der Waals surface area contributed by atoms with Crippen molar-refractivity contribution in [2.24, 2.45) is 11.8 Å². The molecule has 0 saturated heterocycles. The molecule has 0 bridgehead atoms. The van der Waals surface area contributed by atoms with E-state index in [4.69, 9.17) is 0 Å². The number of hydrogen-bond acceptors (Lipinski definition) is 3. The van der Waals surface area contributed by atoms with Crippen molar-refractivity contribution >= 4 is 72.3 Å². The lowest BCUT2D eigenvalue weighted by molar-refractivity contribution is 0.332. The smallest absolute Gasteiger partial charge is 0.264 e. The molecule has 0 spiro atoms. The van der Waals surface area contributed by atoms with Crippen molar-refractivity contribution in [1.82, 2.24) is 0 Å². The highest BCUT2D eigenvalue weighted by Crippen LogP contribution is 2.53. The number of anilines is 5. The van der Waals surface area contributed by atoms with Crippen molar-refractivity contribution in [3.8, 4) is 0 Å². The van der Waals surface area contributed by atoms with Crippen LogP contribution in [-0.2, 0) is 10.8 Å². The Balaban J connectivity index is 1.30. The molecule has 10 rings (SSSR count). The Morgan fingerprint density at radius 1 is 0.712 bits per heavy atom. The first-order chi connectivity index (χ1) is 28.2. The maximum Gasteiger partial charge on any atom is 0.264 e. The van der Waals surface area contributed by atoms with Crippen LogP contribution in [0.3, 0.4) is 0 Å². The number of hydrogen-bond donors (Lipinski definition) is 0. The van der Waals surface area contributed by atoms with E-state index >= 15 is 0 Å². The minimum absolute atomic E-state index is 0.116. The summed E-state index contributed by atoms with van der Waals surface area (Å²) in [5.74, 6) is 1.99. The Kier molecular flexibility index (Phi) is 9.18. The molecule has 0 saturated carbocycles. The summed E-state index contributed by atoms with van der Waals surface area (Å²) < 4.78 is 2.90. The molecule has 0 N–H and O–H groups in total. The van der Waals surface area contributed by atoms with Crippen LogP contribution >= 0.6 is 11.3 Å². The second kappa shape index (κ2) is 14.0. The van der Waals surface area contributed by atoms with Gasteiger partial charge in [0.05, 0.1) is 5.69 Å². The molecule has 5 aliphatic rings. The molecule has 3 aliphatic carbocycles. The first-order valence-electron chi connectivity index (χ1n) is 22.6. The van der Waals surface area contributed by atoms with Crippen molar-refractivity contribution in [3.05, 3.63) is 142 Å². The summed E-state index contributed by atoms with van der Waals surface area (Å²) in [6.07, 6.45) is 18.2. The highest BCUT2D eigenvalue weighted by Gasteiger charge is 2.47. The molecule has 1 aromatic heterocycles. The molecule has 1 unspecified atom stereocenters. The van der Waals surface area contributed by atoms with Gasteiger partial charge in [-0.3, -0.25) is 0 Å². The highest BCUT2D eigenvalue weighted by molar-refractivity contribution is 7.33. The molecule has 2 aliphatic heterocycles. The average Bonchev–Trinajstić information content (AvgIpc) is 3.60. The number of benzene rings is 4. The Bertz CT molecular complexity index is 2640. The van der Waals surface area contributed by atoms with Crippen LogP contribution in [0.25, 0.3) is 10.1 Å². The molecule has 1 atom stereocenters. The zero-order chi connectivity index (χ0) is 41.1. The van der Waals surface area contributed by atoms with E-state index in [2.05, 4.69) is 194 Å². The number of rotatable bonds is 6. The second-order valence-corrected chi connectivity index (χ2v) is 21.5. The van der Waals surface area contributed by atoms with Crippen LogP contribution < -0.4 is 25.5 Å². The summed E-state index contributed by atoms with van der Waals surface area (Å²) in [5.41, 5.74) is 19.6. The molecular weight excluding hydrogens is 731 g/mol. The molecular formula is C55H61BN2S. The van der Waals surface area contributed by atoms with Gasteiger partial charge in [0.15, 0.2) is 0 Å². The lowest BCUT2D eigenvalue weighted by Gasteiger charge is -2.45. The van der Waals surface area contributed by atoms with E-state index in [1.807, 2.05) is 0 Å². The molecule has 300 valence electrons. The highest BCUT2D eigenvalue weighted by atomic mass is 32.1. The fraction of sp³-hybridized carbons (Fsp3) is 0.382. The van der Waals surface area contributed by atoms with Crippen LogP contribution in [0.2, 0.25) is 0 Å². The number of nitrogens with zero attached hydrogens (tertiary/aromatic N) is 2. The van der Waals surface area contributed by atoms with Gasteiger partial charge in [-0.1, -0.05) is 130 Å². The third kappa shape index (κ3) is 6.09. The quantitative estimate of drug-likeness (QED) is 0.155.